The molecule has 0 amide bonds. The topological polar surface area (TPSA) is 91.2 Å². The maximum atomic E-state index is 12.6. The minimum atomic E-state index is -3.80. The maximum Gasteiger partial charge on any atom is 0.338 e. The molecule has 0 N–H and O–H groups in total. The molecule has 4 rings (SSSR count). The van der Waals surface area contributed by atoms with Gasteiger partial charge in [-0.2, -0.15) is 8.42 Å². The van der Waals surface area contributed by atoms with Crippen LogP contribution in [-0.2, 0) is 14.8 Å². The average Bonchev–Trinajstić information content (AvgIpc) is 3.36. The van der Waals surface area contributed by atoms with E-state index in [0.29, 0.717) is 18.0 Å². The summed E-state index contributed by atoms with van der Waals surface area (Å²) in [5.74, 6) is 1.22. The Morgan fingerprint density at radius 1 is 1.15 bits per heavy atom. The molecule has 1 aromatic carbocycles. The number of hydrogen-bond donors (Lipinski definition) is 0. The van der Waals surface area contributed by atoms with Crippen LogP contribution in [0.1, 0.15) is 67.0 Å². The second kappa shape index (κ2) is 7.42. The molecule has 0 radical (unpaired) electrons. The van der Waals surface area contributed by atoms with Crippen molar-refractivity contribution >= 4 is 16.0 Å². The number of rotatable bonds is 8. The summed E-state index contributed by atoms with van der Waals surface area (Å²) in [4.78, 5) is 16.2. The molecule has 2 aliphatic rings. The lowest BCUT2D eigenvalue weighted by Gasteiger charge is -2.24. The number of esters is 1. The van der Waals surface area contributed by atoms with E-state index in [1.165, 1.54) is 49.9 Å². The van der Waals surface area contributed by atoms with Gasteiger partial charge in [-0.15, -0.1) is 9.19 Å². The largest absolute Gasteiger partial charge is 0.462 e. The van der Waals surface area contributed by atoms with E-state index < -0.39 is 16.0 Å². The molecule has 2 fully saturated rings. The third kappa shape index (κ3) is 4.05. The van der Waals surface area contributed by atoms with Crippen molar-refractivity contribution in [2.75, 3.05) is 6.61 Å². The quantitative estimate of drug-likeness (QED) is 0.509. The Kier molecular flexibility index (Phi) is 4.99. The molecule has 7 nitrogen and oxygen atoms in total. The van der Waals surface area contributed by atoms with Crippen molar-refractivity contribution in [3.8, 4) is 0 Å². The van der Waals surface area contributed by atoms with Crippen LogP contribution in [0.2, 0.25) is 0 Å². The molecule has 0 bridgehead atoms. The van der Waals surface area contributed by atoms with Gasteiger partial charge in [-0.25, -0.2) is 9.78 Å². The Bertz CT molecular complexity index is 913. The molecule has 27 heavy (non-hydrogen) atoms. The molecule has 144 valence electrons. The molecular formula is C19H23N3O4S. The van der Waals surface area contributed by atoms with E-state index in [-0.39, 0.29) is 10.8 Å². The maximum absolute atomic E-state index is 12.6. The summed E-state index contributed by atoms with van der Waals surface area (Å²) in [5, 5.41) is 4.08. The number of benzene rings is 1. The van der Waals surface area contributed by atoms with E-state index in [0.717, 1.165) is 35.7 Å². The van der Waals surface area contributed by atoms with E-state index >= 15 is 0 Å². The Morgan fingerprint density at radius 3 is 2.52 bits per heavy atom. The highest BCUT2D eigenvalue weighted by Gasteiger charge is 2.29. The number of carbonyl (C=O) groups is 1. The lowest BCUT2D eigenvalue weighted by molar-refractivity contribution is 0.0488. The van der Waals surface area contributed by atoms with E-state index in [1.54, 1.807) is 0 Å². The van der Waals surface area contributed by atoms with E-state index in [1.807, 2.05) is 0 Å². The minimum Gasteiger partial charge on any atom is -0.462 e. The molecule has 8 heteroatoms. The Balaban J connectivity index is 1.36. The Hall–Kier alpha value is -2.22. The van der Waals surface area contributed by atoms with Crippen LogP contribution in [0.3, 0.4) is 0 Å². The zero-order valence-electron chi connectivity index (χ0n) is 15.1. The number of hydrogen-bond acceptors (Lipinski definition) is 6. The number of ether oxygens (including phenoxy) is 1. The van der Waals surface area contributed by atoms with E-state index in [9.17, 15) is 13.2 Å². The van der Waals surface area contributed by atoms with Crippen LogP contribution in [0.15, 0.2) is 35.5 Å². The summed E-state index contributed by atoms with van der Waals surface area (Å²) in [5.41, 5.74) is 0.342. The molecule has 2 aliphatic carbocycles. The second-order valence-electron chi connectivity index (χ2n) is 7.35. The van der Waals surface area contributed by atoms with Gasteiger partial charge in [0.2, 0.25) is 0 Å². The smallest absolute Gasteiger partial charge is 0.338 e. The first-order chi connectivity index (χ1) is 13.0. The van der Waals surface area contributed by atoms with E-state index in [2.05, 4.69) is 10.1 Å². The third-order valence-corrected chi connectivity index (χ3v) is 6.82. The average molecular weight is 389 g/mol. The van der Waals surface area contributed by atoms with Crippen LogP contribution in [0.4, 0.5) is 0 Å². The van der Waals surface area contributed by atoms with Gasteiger partial charge >= 0.3 is 5.97 Å². The van der Waals surface area contributed by atoms with Gasteiger partial charge in [0.25, 0.3) is 10.0 Å². The number of nitrogens with zero attached hydrogens (tertiary/aromatic N) is 3. The van der Waals surface area contributed by atoms with Crippen LogP contribution < -0.4 is 0 Å². The number of aromatic nitrogens is 3. The van der Waals surface area contributed by atoms with Gasteiger partial charge in [-0.3, -0.25) is 0 Å². The molecule has 0 unspecified atom stereocenters. The van der Waals surface area contributed by atoms with Crippen LogP contribution in [0, 0.1) is 5.92 Å². The summed E-state index contributed by atoms with van der Waals surface area (Å²) in [6, 6.07) is 5.75. The molecular weight excluding hydrogens is 366 g/mol. The molecule has 0 saturated heterocycles. The van der Waals surface area contributed by atoms with Crippen LogP contribution in [0.25, 0.3) is 0 Å². The predicted octanol–water partition coefficient (Wildman–Crippen LogP) is 3.13. The fraction of sp³-hybridized carbons (Fsp3) is 0.526. The summed E-state index contributed by atoms with van der Waals surface area (Å²) in [6.45, 7) is 0.401. The summed E-state index contributed by atoms with van der Waals surface area (Å²) < 4.78 is 31.4. The van der Waals surface area contributed by atoms with Gasteiger partial charge in [0, 0.05) is 5.92 Å². The molecule has 2 saturated carbocycles. The van der Waals surface area contributed by atoms with Gasteiger partial charge in [0.1, 0.15) is 6.33 Å². The fourth-order valence-electron chi connectivity index (χ4n) is 3.18. The first-order valence-electron chi connectivity index (χ1n) is 9.48. The van der Waals surface area contributed by atoms with Crippen molar-refractivity contribution in [1.82, 2.24) is 14.2 Å². The van der Waals surface area contributed by atoms with Crippen molar-refractivity contribution in [2.24, 2.45) is 5.92 Å². The molecule has 0 aliphatic heterocycles. The van der Waals surface area contributed by atoms with Crippen molar-refractivity contribution < 1.29 is 17.9 Å². The monoisotopic (exact) mass is 389 g/mol. The zero-order valence-corrected chi connectivity index (χ0v) is 15.9. The molecule has 0 spiro atoms. The van der Waals surface area contributed by atoms with Crippen LogP contribution >= 0.6 is 0 Å². The minimum absolute atomic E-state index is 0.0660. The van der Waals surface area contributed by atoms with Crippen molar-refractivity contribution in [2.45, 2.75) is 55.8 Å². The zero-order chi connectivity index (χ0) is 18.9. The molecule has 0 atom stereocenters. The SMILES string of the molecule is O=C(OCCCC1CCC1)c1ccc(S(=O)(=O)n2cnc(C3CC3)n2)cc1. The predicted molar refractivity (Wildman–Crippen MR) is 97.9 cm³/mol. The second-order valence-corrected chi connectivity index (χ2v) is 9.15. The van der Waals surface area contributed by atoms with E-state index in [4.69, 9.17) is 4.74 Å². The highest BCUT2D eigenvalue weighted by atomic mass is 32.2. The highest BCUT2D eigenvalue weighted by molar-refractivity contribution is 7.89. The van der Waals surface area contributed by atoms with Gasteiger partial charge < -0.3 is 4.74 Å². The lowest BCUT2D eigenvalue weighted by atomic mass is 9.82. The van der Waals surface area contributed by atoms with Crippen molar-refractivity contribution in [3.63, 3.8) is 0 Å². The lowest BCUT2D eigenvalue weighted by Crippen LogP contribution is -2.15. The number of carbonyl (C=O) groups excluding carboxylic acids is 1. The highest BCUT2D eigenvalue weighted by Crippen LogP contribution is 2.37. The summed E-state index contributed by atoms with van der Waals surface area (Å²) in [6.07, 6.45) is 9.10. The molecule has 1 aromatic heterocycles. The van der Waals surface area contributed by atoms with Gasteiger partial charge in [0.05, 0.1) is 17.1 Å². The Morgan fingerprint density at radius 2 is 1.89 bits per heavy atom. The first-order valence-corrected chi connectivity index (χ1v) is 10.9. The van der Waals surface area contributed by atoms with Gasteiger partial charge in [0.15, 0.2) is 5.82 Å². The fourth-order valence-corrected chi connectivity index (χ4v) is 4.24. The third-order valence-electron chi connectivity index (χ3n) is 5.28. The van der Waals surface area contributed by atoms with Crippen LogP contribution in [-0.4, -0.2) is 35.2 Å². The first kappa shape index (κ1) is 18.2. The standard InChI is InChI=1S/C19H23N3O4S/c23-19(26-12-2-5-14-3-1-4-14)16-8-10-17(11-9-16)27(24,25)22-13-20-18(21-22)15-6-7-15/h8-11,13-15H,1-7,12H2. The summed E-state index contributed by atoms with van der Waals surface area (Å²) >= 11 is 0. The van der Waals surface area contributed by atoms with Crippen LogP contribution in [0.5, 0.6) is 0 Å². The van der Waals surface area contributed by atoms with Crippen molar-refractivity contribution in [3.05, 3.63) is 42.0 Å². The van der Waals surface area contributed by atoms with Gasteiger partial charge in [-0.1, -0.05) is 19.3 Å². The molecule has 2 aromatic rings. The van der Waals surface area contributed by atoms with Crippen molar-refractivity contribution in [1.29, 1.82) is 0 Å². The Labute approximate surface area is 158 Å². The molecule has 1 heterocycles. The normalized spacial score (nSPS) is 17.5. The summed E-state index contributed by atoms with van der Waals surface area (Å²) in [7, 11) is -3.80. The van der Waals surface area contributed by atoms with Gasteiger partial charge in [-0.05, 0) is 55.9 Å².